The molecule has 228 valence electrons. The number of pyridine rings is 1. The molecule has 4 aromatic heterocycles. The largest absolute Gasteiger partial charge is 0.346 e. The lowest BCUT2D eigenvalue weighted by Gasteiger charge is -2.53. The highest BCUT2D eigenvalue weighted by Gasteiger charge is 2.48. The first kappa shape index (κ1) is 28.0. The standard InChI is InChI=1S/C35H30FN9O/c36-31-16-23(4-5-29(31)28-3-1-2-24-17-38-12-6-27(24)28)34(46)43-14-8-26(9-15-43)44-20-35(21-44,10-11-37)45-19-25(18-42-45)32-30-7-13-39-33(30)41-22-40-32/h1-7,12-13,16-19,22,26H,8-10,14-15,20-21H2,(H,39,40,41). The lowest BCUT2D eigenvalue weighted by atomic mass is 9.83. The molecule has 0 spiro atoms. The van der Waals surface area contributed by atoms with Gasteiger partial charge in [-0.3, -0.25) is 19.4 Å². The fourth-order valence-electron chi connectivity index (χ4n) is 7.10. The molecule has 0 radical (unpaired) electrons. The van der Waals surface area contributed by atoms with Crippen molar-refractivity contribution >= 4 is 27.7 Å². The molecular weight excluding hydrogens is 581 g/mol. The number of halogens is 1. The van der Waals surface area contributed by atoms with Crippen LogP contribution in [0.25, 0.3) is 44.2 Å². The minimum Gasteiger partial charge on any atom is -0.346 e. The number of aromatic amines is 1. The van der Waals surface area contributed by atoms with Crippen LogP contribution in [0.2, 0.25) is 0 Å². The van der Waals surface area contributed by atoms with E-state index in [1.807, 2.05) is 52.3 Å². The van der Waals surface area contributed by atoms with E-state index in [9.17, 15) is 10.1 Å². The minimum atomic E-state index is -0.418. The van der Waals surface area contributed by atoms with Crippen LogP contribution in [-0.2, 0) is 5.54 Å². The van der Waals surface area contributed by atoms with Gasteiger partial charge in [0.25, 0.3) is 5.91 Å². The highest BCUT2D eigenvalue weighted by Crippen LogP contribution is 2.37. The molecular formula is C35H30FN9O. The molecule has 2 aliphatic rings. The number of rotatable bonds is 6. The van der Waals surface area contributed by atoms with Crippen molar-refractivity contribution in [2.24, 2.45) is 0 Å². The Morgan fingerprint density at radius 1 is 1.04 bits per heavy atom. The second kappa shape index (κ2) is 11.2. The topological polar surface area (TPSA) is 120 Å². The maximum absolute atomic E-state index is 15.4. The predicted octanol–water partition coefficient (Wildman–Crippen LogP) is 5.41. The van der Waals surface area contributed by atoms with Gasteiger partial charge in [-0.15, -0.1) is 0 Å². The zero-order valence-electron chi connectivity index (χ0n) is 25.0. The van der Waals surface area contributed by atoms with E-state index in [4.69, 9.17) is 0 Å². The van der Waals surface area contributed by atoms with Crippen LogP contribution in [0.4, 0.5) is 4.39 Å². The van der Waals surface area contributed by atoms with Gasteiger partial charge in [-0.2, -0.15) is 10.4 Å². The molecule has 2 aliphatic heterocycles. The van der Waals surface area contributed by atoms with E-state index in [-0.39, 0.29) is 5.91 Å². The third kappa shape index (κ3) is 4.69. The van der Waals surface area contributed by atoms with Crippen LogP contribution in [0, 0.1) is 17.1 Å². The summed E-state index contributed by atoms with van der Waals surface area (Å²) in [5.74, 6) is -0.572. The van der Waals surface area contributed by atoms with Crippen molar-refractivity contribution in [3.8, 4) is 28.5 Å². The van der Waals surface area contributed by atoms with Crippen LogP contribution in [0.15, 0.2) is 85.8 Å². The van der Waals surface area contributed by atoms with Crippen molar-refractivity contribution in [1.29, 1.82) is 5.26 Å². The summed E-state index contributed by atoms with van der Waals surface area (Å²) in [6.07, 6.45) is 12.6. The molecule has 0 saturated carbocycles. The first-order valence-electron chi connectivity index (χ1n) is 15.4. The van der Waals surface area contributed by atoms with Gasteiger partial charge < -0.3 is 9.88 Å². The van der Waals surface area contributed by atoms with Gasteiger partial charge in [0.05, 0.1) is 24.4 Å². The van der Waals surface area contributed by atoms with Crippen LogP contribution in [0.5, 0.6) is 0 Å². The third-order valence-corrected chi connectivity index (χ3v) is 9.55. The van der Waals surface area contributed by atoms with Crippen molar-refractivity contribution in [1.82, 2.24) is 39.5 Å². The zero-order chi connectivity index (χ0) is 31.3. The van der Waals surface area contributed by atoms with Gasteiger partial charge in [0.15, 0.2) is 0 Å². The molecule has 46 heavy (non-hydrogen) atoms. The van der Waals surface area contributed by atoms with Crippen molar-refractivity contribution in [2.45, 2.75) is 30.8 Å². The average molecular weight is 612 g/mol. The summed E-state index contributed by atoms with van der Waals surface area (Å²) < 4.78 is 17.3. The second-order valence-electron chi connectivity index (χ2n) is 12.2. The first-order chi connectivity index (χ1) is 22.5. The highest BCUT2D eigenvalue weighted by molar-refractivity contribution is 5.98. The molecule has 0 bridgehead atoms. The number of nitrogens with zero attached hydrogens (tertiary/aromatic N) is 8. The fourth-order valence-corrected chi connectivity index (χ4v) is 7.10. The van der Waals surface area contributed by atoms with E-state index in [2.05, 4.69) is 36.0 Å². The molecule has 0 atom stereocenters. The quantitative estimate of drug-likeness (QED) is 0.268. The number of nitrogens with one attached hydrogen (secondary N) is 1. The summed E-state index contributed by atoms with van der Waals surface area (Å²) in [5.41, 5.74) is 3.64. The minimum absolute atomic E-state index is 0.154. The van der Waals surface area contributed by atoms with E-state index in [0.29, 0.717) is 49.8 Å². The number of likely N-dealkylation sites (tertiary alicyclic amines) is 2. The Labute approximate surface area is 264 Å². The predicted molar refractivity (Wildman–Crippen MR) is 171 cm³/mol. The molecule has 11 heteroatoms. The maximum atomic E-state index is 15.4. The van der Waals surface area contributed by atoms with Crippen LogP contribution in [-0.4, -0.2) is 77.6 Å². The molecule has 10 nitrogen and oxygen atoms in total. The number of carbonyl (C=O) groups is 1. The second-order valence-corrected chi connectivity index (χ2v) is 12.2. The summed E-state index contributed by atoms with van der Waals surface area (Å²) in [7, 11) is 0. The van der Waals surface area contributed by atoms with E-state index >= 15 is 4.39 Å². The highest BCUT2D eigenvalue weighted by atomic mass is 19.1. The van der Waals surface area contributed by atoms with Crippen molar-refractivity contribution in [3.05, 3.63) is 97.2 Å². The Morgan fingerprint density at radius 2 is 1.91 bits per heavy atom. The Morgan fingerprint density at radius 3 is 2.74 bits per heavy atom. The van der Waals surface area contributed by atoms with Gasteiger partial charge in [-0.25, -0.2) is 14.4 Å². The number of fused-ring (bicyclic) bond motifs is 2. The lowest BCUT2D eigenvalue weighted by Crippen LogP contribution is -2.66. The Hall–Kier alpha value is -5.47. The van der Waals surface area contributed by atoms with E-state index in [1.54, 1.807) is 30.7 Å². The molecule has 0 unspecified atom stereocenters. The number of benzene rings is 2. The summed E-state index contributed by atoms with van der Waals surface area (Å²) >= 11 is 0. The maximum Gasteiger partial charge on any atom is 0.253 e. The van der Waals surface area contributed by atoms with Gasteiger partial charge in [-0.1, -0.05) is 24.3 Å². The summed E-state index contributed by atoms with van der Waals surface area (Å²) in [5, 5.41) is 17.2. The van der Waals surface area contributed by atoms with Crippen LogP contribution in [0.1, 0.15) is 29.6 Å². The number of amides is 1. The Balaban J connectivity index is 0.924. The molecule has 8 rings (SSSR count). The number of aromatic nitrogens is 6. The lowest BCUT2D eigenvalue weighted by molar-refractivity contribution is -0.0412. The van der Waals surface area contributed by atoms with Gasteiger partial charge in [0.2, 0.25) is 0 Å². The molecule has 1 amide bonds. The number of piperidine rings is 1. The number of carbonyl (C=O) groups excluding carboxylic acids is 1. The van der Waals surface area contributed by atoms with E-state index in [1.165, 1.54) is 12.4 Å². The fraction of sp³-hybridized carbons (Fsp3) is 0.257. The summed E-state index contributed by atoms with van der Waals surface area (Å²) in [6.45, 7) is 2.61. The van der Waals surface area contributed by atoms with Gasteiger partial charge in [0.1, 0.15) is 23.3 Å². The van der Waals surface area contributed by atoms with Crippen molar-refractivity contribution < 1.29 is 9.18 Å². The normalized spacial score (nSPS) is 16.8. The Kier molecular flexibility index (Phi) is 6.80. The molecule has 6 heterocycles. The SMILES string of the molecule is N#CCC1(n2cc(-c3ncnc4[nH]ccc34)cn2)CN(C2CCN(C(=O)c3ccc(-c4cccc5cnccc45)c(F)c3)CC2)C1. The number of nitriles is 1. The smallest absolute Gasteiger partial charge is 0.253 e. The molecule has 2 aromatic carbocycles. The number of hydrogen-bond acceptors (Lipinski definition) is 7. The van der Waals surface area contributed by atoms with E-state index in [0.717, 1.165) is 51.5 Å². The zero-order valence-corrected chi connectivity index (χ0v) is 25.0. The summed E-state index contributed by atoms with van der Waals surface area (Å²) in [6, 6.07) is 17.0. The van der Waals surface area contributed by atoms with Crippen molar-refractivity contribution in [3.63, 3.8) is 0 Å². The van der Waals surface area contributed by atoms with E-state index < -0.39 is 11.4 Å². The van der Waals surface area contributed by atoms with Gasteiger partial charge in [-0.05, 0) is 48.1 Å². The molecule has 2 saturated heterocycles. The van der Waals surface area contributed by atoms with Crippen LogP contribution in [0.3, 0.4) is 0 Å². The van der Waals surface area contributed by atoms with Gasteiger partial charge >= 0.3 is 0 Å². The van der Waals surface area contributed by atoms with Crippen LogP contribution >= 0.6 is 0 Å². The first-order valence-corrected chi connectivity index (χ1v) is 15.4. The average Bonchev–Trinajstić information content (AvgIpc) is 3.77. The number of H-pyrrole nitrogens is 1. The molecule has 2 fully saturated rings. The third-order valence-electron chi connectivity index (χ3n) is 9.55. The molecule has 0 aliphatic carbocycles. The molecule has 1 N–H and O–H groups in total. The number of hydrogen-bond donors (Lipinski definition) is 1. The van der Waals surface area contributed by atoms with Gasteiger partial charge in [0, 0.05) is 84.5 Å². The molecule has 6 aromatic rings. The summed E-state index contributed by atoms with van der Waals surface area (Å²) in [4.78, 5) is 33.7. The van der Waals surface area contributed by atoms with Crippen LogP contribution < -0.4 is 0 Å². The Bertz CT molecular complexity index is 2130. The monoisotopic (exact) mass is 611 g/mol. The van der Waals surface area contributed by atoms with Crippen molar-refractivity contribution in [2.75, 3.05) is 26.2 Å².